The highest BCUT2D eigenvalue weighted by atomic mass is 19.1. The summed E-state index contributed by atoms with van der Waals surface area (Å²) < 4.78 is 14.7. The molecule has 3 fully saturated rings. The third-order valence-electron chi connectivity index (χ3n) is 7.44. The number of halogens is 1. The maximum atomic E-state index is 14.7. The van der Waals surface area contributed by atoms with E-state index < -0.39 is 6.04 Å². The minimum absolute atomic E-state index is 0.122. The summed E-state index contributed by atoms with van der Waals surface area (Å²) in [7, 11) is 0. The molecule has 1 saturated heterocycles. The number of rotatable bonds is 5. The molecule has 2 saturated carbocycles. The number of nitriles is 1. The lowest BCUT2D eigenvalue weighted by atomic mass is 9.94. The van der Waals surface area contributed by atoms with Gasteiger partial charge in [-0.1, -0.05) is 48.9 Å². The van der Waals surface area contributed by atoms with Gasteiger partial charge >= 0.3 is 0 Å². The molecule has 2 aromatic rings. The minimum Gasteiger partial charge on any atom is -0.339 e. The van der Waals surface area contributed by atoms with Gasteiger partial charge in [0.05, 0.1) is 12.1 Å². The average molecular weight is 404 g/mol. The molecular formula is C25H26FN3O. The summed E-state index contributed by atoms with van der Waals surface area (Å²) in [6.45, 7) is 4.27. The number of benzene rings is 2. The van der Waals surface area contributed by atoms with Crippen LogP contribution in [0.15, 0.2) is 42.5 Å². The monoisotopic (exact) mass is 403 g/mol. The van der Waals surface area contributed by atoms with Crippen LogP contribution in [0.1, 0.15) is 24.5 Å². The number of carbonyl (C=O) groups is 1. The van der Waals surface area contributed by atoms with Crippen molar-refractivity contribution in [2.45, 2.75) is 44.8 Å². The predicted octanol–water partition coefficient (Wildman–Crippen LogP) is 3.59. The molecule has 6 unspecified atom stereocenters. The van der Waals surface area contributed by atoms with E-state index in [2.05, 4.69) is 23.6 Å². The number of fused-ring (bicyclic) bond motifs is 5. The molecule has 1 amide bonds. The van der Waals surface area contributed by atoms with Gasteiger partial charge in [0.15, 0.2) is 0 Å². The Morgan fingerprint density at radius 2 is 1.97 bits per heavy atom. The molecule has 30 heavy (non-hydrogen) atoms. The predicted molar refractivity (Wildman–Crippen MR) is 113 cm³/mol. The van der Waals surface area contributed by atoms with E-state index >= 15 is 0 Å². The van der Waals surface area contributed by atoms with Crippen LogP contribution in [0.4, 0.5) is 4.39 Å². The van der Waals surface area contributed by atoms with Gasteiger partial charge in [-0.05, 0) is 59.8 Å². The first-order valence-corrected chi connectivity index (χ1v) is 10.8. The molecule has 0 radical (unpaired) electrons. The lowest BCUT2D eigenvalue weighted by Gasteiger charge is -2.23. The Morgan fingerprint density at radius 3 is 2.63 bits per heavy atom. The van der Waals surface area contributed by atoms with Crippen LogP contribution in [0.25, 0.3) is 11.1 Å². The largest absolute Gasteiger partial charge is 0.339 e. The van der Waals surface area contributed by atoms with Crippen molar-refractivity contribution in [1.29, 1.82) is 5.26 Å². The quantitative estimate of drug-likeness (QED) is 0.802. The molecule has 0 aromatic heterocycles. The van der Waals surface area contributed by atoms with Crippen molar-refractivity contribution in [3.8, 4) is 17.2 Å². The molecule has 2 aliphatic carbocycles. The molecule has 2 aromatic carbocycles. The number of hydrogen-bond donors (Lipinski definition) is 2. The highest BCUT2D eigenvalue weighted by Crippen LogP contribution is 2.64. The zero-order chi connectivity index (χ0) is 21.0. The molecule has 2 bridgehead atoms. The summed E-state index contributed by atoms with van der Waals surface area (Å²) in [5.74, 6) is 1.98. The van der Waals surface area contributed by atoms with Gasteiger partial charge in [-0.2, -0.15) is 5.26 Å². The second kappa shape index (κ2) is 7.21. The summed E-state index contributed by atoms with van der Waals surface area (Å²) in [4.78, 5) is 12.8. The van der Waals surface area contributed by atoms with Crippen molar-refractivity contribution in [2.24, 2.45) is 23.7 Å². The highest BCUT2D eigenvalue weighted by molar-refractivity contribution is 5.83. The zero-order valence-electron chi connectivity index (χ0n) is 17.2. The summed E-state index contributed by atoms with van der Waals surface area (Å²) in [5, 5.41) is 15.9. The van der Waals surface area contributed by atoms with E-state index in [9.17, 15) is 14.4 Å². The number of piperidine rings is 1. The lowest BCUT2D eigenvalue weighted by Crippen LogP contribution is -2.51. The Bertz CT molecular complexity index is 1030. The van der Waals surface area contributed by atoms with Crippen molar-refractivity contribution in [2.75, 3.05) is 0 Å². The molecule has 2 N–H and O–H groups in total. The van der Waals surface area contributed by atoms with Crippen molar-refractivity contribution in [3.63, 3.8) is 0 Å². The minimum atomic E-state index is -0.745. The molecule has 5 rings (SSSR count). The zero-order valence-corrected chi connectivity index (χ0v) is 17.2. The van der Waals surface area contributed by atoms with Crippen LogP contribution >= 0.6 is 0 Å². The number of amides is 1. The normalized spacial score (nSPS) is 31.7. The first kappa shape index (κ1) is 19.3. The number of aryl methyl sites for hydroxylation is 1. The third-order valence-corrected chi connectivity index (χ3v) is 7.44. The summed E-state index contributed by atoms with van der Waals surface area (Å²) in [6, 6.07) is 14.6. The van der Waals surface area contributed by atoms with Crippen molar-refractivity contribution >= 4 is 5.91 Å². The van der Waals surface area contributed by atoms with Crippen LogP contribution < -0.4 is 10.6 Å². The standard InChI is InChI=1S/C25H26FN3O/c1-13-3-5-15(6-4-13)16-7-8-17(20(26)10-16)9-18(12-27)28-25(30)24-19-11-21(29-24)23-14(2)22(19)23/h3-8,10,14,18-19,21-24,29H,9,11H2,1-2H3,(H,28,30)/t14?,18-,19?,21?,22?,23?,24?/m0/s1. The fourth-order valence-corrected chi connectivity index (χ4v) is 5.85. The number of nitrogens with one attached hydrogen (secondary N) is 2. The van der Waals surface area contributed by atoms with E-state index in [1.807, 2.05) is 37.3 Å². The van der Waals surface area contributed by atoms with Gasteiger partial charge in [-0.3, -0.25) is 4.79 Å². The molecule has 4 nitrogen and oxygen atoms in total. The first-order valence-electron chi connectivity index (χ1n) is 10.8. The molecule has 1 heterocycles. The average Bonchev–Trinajstić information content (AvgIpc) is 3.10. The van der Waals surface area contributed by atoms with Crippen LogP contribution in [0.5, 0.6) is 0 Å². The molecule has 3 aliphatic rings. The number of nitrogens with zero attached hydrogens (tertiary/aromatic N) is 1. The van der Waals surface area contributed by atoms with E-state index in [1.165, 1.54) is 6.07 Å². The summed E-state index contributed by atoms with van der Waals surface area (Å²) in [6.07, 6.45) is 1.22. The van der Waals surface area contributed by atoms with Gasteiger partial charge in [0.2, 0.25) is 5.91 Å². The van der Waals surface area contributed by atoms with Gasteiger partial charge in [0.25, 0.3) is 0 Å². The highest BCUT2D eigenvalue weighted by Gasteiger charge is 2.67. The Morgan fingerprint density at radius 1 is 1.23 bits per heavy atom. The molecule has 1 aliphatic heterocycles. The fraction of sp³-hybridized carbons (Fsp3) is 0.440. The van der Waals surface area contributed by atoms with Crippen LogP contribution in [-0.4, -0.2) is 24.0 Å². The third kappa shape index (κ3) is 3.20. The molecule has 0 spiro atoms. The second-order valence-electron chi connectivity index (χ2n) is 9.23. The van der Waals surface area contributed by atoms with E-state index in [-0.39, 0.29) is 24.2 Å². The number of hydrogen-bond acceptors (Lipinski definition) is 3. The van der Waals surface area contributed by atoms with E-state index in [4.69, 9.17) is 0 Å². The molecule has 5 heteroatoms. The maximum Gasteiger partial charge on any atom is 0.238 e. The Balaban J connectivity index is 1.25. The van der Waals surface area contributed by atoms with E-state index in [0.717, 1.165) is 29.0 Å². The smallest absolute Gasteiger partial charge is 0.238 e. The SMILES string of the molecule is Cc1ccc(-c2ccc(C[C@@H](C#N)NC(=O)C3NC4CC3C3C(C)C43)c(F)c2)cc1. The van der Waals surface area contributed by atoms with E-state index in [0.29, 0.717) is 29.4 Å². The molecule has 7 atom stereocenters. The lowest BCUT2D eigenvalue weighted by molar-refractivity contribution is -0.124. The van der Waals surface area contributed by atoms with Crippen molar-refractivity contribution in [3.05, 3.63) is 59.4 Å². The molecular weight excluding hydrogens is 377 g/mol. The van der Waals surface area contributed by atoms with Gasteiger partial charge in [-0.25, -0.2) is 4.39 Å². The van der Waals surface area contributed by atoms with Gasteiger partial charge < -0.3 is 10.6 Å². The second-order valence-corrected chi connectivity index (χ2v) is 9.23. The van der Waals surface area contributed by atoms with Gasteiger partial charge in [-0.15, -0.1) is 0 Å². The number of carbonyl (C=O) groups excluding carboxylic acids is 1. The van der Waals surface area contributed by atoms with Crippen LogP contribution in [0.3, 0.4) is 0 Å². The van der Waals surface area contributed by atoms with Crippen LogP contribution in [-0.2, 0) is 11.2 Å². The van der Waals surface area contributed by atoms with Gasteiger partial charge in [0.1, 0.15) is 11.9 Å². The van der Waals surface area contributed by atoms with E-state index in [1.54, 1.807) is 6.07 Å². The maximum absolute atomic E-state index is 14.7. The Hall–Kier alpha value is -2.71. The first-order chi connectivity index (χ1) is 14.5. The Kier molecular flexibility index (Phi) is 4.63. The summed E-state index contributed by atoms with van der Waals surface area (Å²) >= 11 is 0. The van der Waals surface area contributed by atoms with Crippen molar-refractivity contribution in [1.82, 2.24) is 10.6 Å². The summed E-state index contributed by atoms with van der Waals surface area (Å²) in [5.41, 5.74) is 3.34. The topological polar surface area (TPSA) is 64.9 Å². The Labute approximate surface area is 176 Å². The fourth-order valence-electron chi connectivity index (χ4n) is 5.85. The van der Waals surface area contributed by atoms with Crippen LogP contribution in [0.2, 0.25) is 0 Å². The van der Waals surface area contributed by atoms with Crippen LogP contribution in [0, 0.1) is 47.7 Å². The van der Waals surface area contributed by atoms with Gasteiger partial charge in [0, 0.05) is 12.5 Å². The van der Waals surface area contributed by atoms with Crippen molar-refractivity contribution < 1.29 is 9.18 Å². The molecule has 154 valence electrons.